The number of nitrogens with zero attached hydrogens (tertiary/aromatic N) is 1. The standard InChI is InChI=1S/C25H28F3NO/c1-6-23(16-17(2)18(3)19(4)25(26,27)28)29(20(5)30)24-14-12-22(13-15-24)21-10-8-7-9-11-21/h6-19H,1H2,2-5H3/b23-16+/t17?,18-,19-/m0/s1. The van der Waals surface area contributed by atoms with E-state index in [1.54, 1.807) is 19.9 Å². The summed E-state index contributed by atoms with van der Waals surface area (Å²) in [4.78, 5) is 13.9. The van der Waals surface area contributed by atoms with E-state index in [9.17, 15) is 18.0 Å². The third-order valence-electron chi connectivity index (χ3n) is 5.58. The first-order valence-electron chi connectivity index (χ1n) is 9.93. The quantitative estimate of drug-likeness (QED) is 0.436. The summed E-state index contributed by atoms with van der Waals surface area (Å²) in [6, 6.07) is 17.3. The van der Waals surface area contributed by atoms with E-state index < -0.39 is 23.9 Å². The molecule has 30 heavy (non-hydrogen) atoms. The molecular formula is C25H28F3NO. The summed E-state index contributed by atoms with van der Waals surface area (Å²) in [5.41, 5.74) is 3.18. The summed E-state index contributed by atoms with van der Waals surface area (Å²) >= 11 is 0. The molecule has 2 nitrogen and oxygen atoms in total. The number of hydrogen-bond acceptors (Lipinski definition) is 1. The maximum absolute atomic E-state index is 13.1. The van der Waals surface area contributed by atoms with Crippen molar-refractivity contribution in [3.8, 4) is 11.1 Å². The van der Waals surface area contributed by atoms with Crippen molar-refractivity contribution in [1.29, 1.82) is 0 Å². The van der Waals surface area contributed by atoms with Crippen molar-refractivity contribution < 1.29 is 18.0 Å². The number of alkyl halides is 3. The molecule has 0 aliphatic carbocycles. The Morgan fingerprint density at radius 1 is 0.967 bits per heavy atom. The molecule has 0 aromatic heterocycles. The van der Waals surface area contributed by atoms with Gasteiger partial charge in [-0.05, 0) is 41.2 Å². The van der Waals surface area contributed by atoms with Gasteiger partial charge < -0.3 is 0 Å². The largest absolute Gasteiger partial charge is 0.391 e. The summed E-state index contributed by atoms with van der Waals surface area (Å²) in [5, 5.41) is 0. The van der Waals surface area contributed by atoms with E-state index in [2.05, 4.69) is 6.58 Å². The van der Waals surface area contributed by atoms with Crippen LogP contribution < -0.4 is 4.90 Å². The molecular weight excluding hydrogens is 387 g/mol. The van der Waals surface area contributed by atoms with Gasteiger partial charge in [0.05, 0.1) is 5.92 Å². The van der Waals surface area contributed by atoms with Gasteiger partial charge in [-0.3, -0.25) is 9.69 Å². The Kier molecular flexibility index (Phi) is 7.65. The smallest absolute Gasteiger partial charge is 0.282 e. The second-order valence-corrected chi connectivity index (χ2v) is 7.61. The SMILES string of the molecule is C=C/C(=C\C(C)[C@H](C)[C@H](C)C(F)(F)F)N(C(C)=O)c1ccc(-c2ccccc2)cc1. The molecule has 2 aromatic rings. The van der Waals surface area contributed by atoms with Crippen LogP contribution in [0, 0.1) is 17.8 Å². The lowest BCUT2D eigenvalue weighted by atomic mass is 9.84. The molecule has 0 spiro atoms. The van der Waals surface area contributed by atoms with Gasteiger partial charge in [-0.25, -0.2) is 0 Å². The van der Waals surface area contributed by atoms with Crippen molar-refractivity contribution in [1.82, 2.24) is 0 Å². The molecule has 3 atom stereocenters. The maximum Gasteiger partial charge on any atom is 0.391 e. The van der Waals surface area contributed by atoms with Gasteiger partial charge in [0, 0.05) is 18.3 Å². The van der Waals surface area contributed by atoms with E-state index in [4.69, 9.17) is 0 Å². The minimum Gasteiger partial charge on any atom is -0.282 e. The topological polar surface area (TPSA) is 20.3 Å². The van der Waals surface area contributed by atoms with Crippen molar-refractivity contribution in [2.75, 3.05) is 4.90 Å². The van der Waals surface area contributed by atoms with Crippen LogP contribution >= 0.6 is 0 Å². The van der Waals surface area contributed by atoms with Gasteiger partial charge in [-0.1, -0.05) is 75.9 Å². The molecule has 2 rings (SSSR count). The third kappa shape index (κ3) is 5.62. The van der Waals surface area contributed by atoms with E-state index in [1.165, 1.54) is 24.8 Å². The van der Waals surface area contributed by atoms with Crippen LogP contribution in [0.3, 0.4) is 0 Å². The normalized spacial score (nSPS) is 15.2. The van der Waals surface area contributed by atoms with Gasteiger partial charge in [-0.15, -0.1) is 0 Å². The summed E-state index contributed by atoms with van der Waals surface area (Å²) in [6.45, 7) is 9.70. The zero-order chi connectivity index (χ0) is 22.5. The van der Waals surface area contributed by atoms with Crippen LogP contribution in [0.25, 0.3) is 11.1 Å². The molecule has 0 N–H and O–H groups in total. The molecule has 0 aliphatic heterocycles. The van der Waals surface area contributed by atoms with E-state index in [1.807, 2.05) is 54.6 Å². The van der Waals surface area contributed by atoms with Crippen molar-refractivity contribution >= 4 is 11.6 Å². The van der Waals surface area contributed by atoms with Crippen LogP contribution in [-0.4, -0.2) is 12.1 Å². The van der Waals surface area contributed by atoms with Crippen LogP contribution in [0.2, 0.25) is 0 Å². The molecule has 1 amide bonds. The molecule has 0 saturated heterocycles. The van der Waals surface area contributed by atoms with Gasteiger partial charge in [0.25, 0.3) is 0 Å². The highest BCUT2D eigenvalue weighted by Crippen LogP contribution is 2.36. The number of hydrogen-bond donors (Lipinski definition) is 0. The predicted molar refractivity (Wildman–Crippen MR) is 117 cm³/mol. The summed E-state index contributed by atoms with van der Waals surface area (Å²) < 4.78 is 39.3. The number of carbonyl (C=O) groups is 1. The highest BCUT2D eigenvalue weighted by Gasteiger charge is 2.40. The van der Waals surface area contributed by atoms with E-state index in [0.717, 1.165) is 11.1 Å². The highest BCUT2D eigenvalue weighted by molar-refractivity contribution is 5.95. The highest BCUT2D eigenvalue weighted by atomic mass is 19.4. The number of allylic oxidation sites excluding steroid dienone is 2. The molecule has 1 unspecified atom stereocenters. The molecule has 0 saturated carbocycles. The minimum absolute atomic E-state index is 0.239. The Hall–Kier alpha value is -2.82. The summed E-state index contributed by atoms with van der Waals surface area (Å²) in [5.74, 6) is -2.74. The Morgan fingerprint density at radius 2 is 1.50 bits per heavy atom. The van der Waals surface area contributed by atoms with Crippen molar-refractivity contribution in [3.05, 3.63) is 79.0 Å². The van der Waals surface area contributed by atoms with E-state index in [-0.39, 0.29) is 5.91 Å². The second kappa shape index (κ2) is 9.79. The zero-order valence-electron chi connectivity index (χ0n) is 17.8. The first-order chi connectivity index (χ1) is 14.1. The first-order valence-corrected chi connectivity index (χ1v) is 9.93. The Balaban J connectivity index is 2.34. The average Bonchev–Trinajstić information content (AvgIpc) is 2.72. The predicted octanol–water partition coefficient (Wildman–Crippen LogP) is 7.25. The fourth-order valence-electron chi connectivity index (χ4n) is 3.35. The minimum atomic E-state index is -4.26. The molecule has 0 bridgehead atoms. The van der Waals surface area contributed by atoms with Gasteiger partial charge >= 0.3 is 6.18 Å². The average molecular weight is 415 g/mol. The molecule has 0 heterocycles. The number of amides is 1. The summed E-state index contributed by atoms with van der Waals surface area (Å²) in [6.07, 6.45) is -1.07. The van der Waals surface area contributed by atoms with Gasteiger partial charge in [0.2, 0.25) is 5.91 Å². The lowest BCUT2D eigenvalue weighted by Crippen LogP contribution is -2.31. The molecule has 160 valence electrons. The Labute approximate surface area is 176 Å². The van der Waals surface area contributed by atoms with Crippen LogP contribution in [-0.2, 0) is 4.79 Å². The van der Waals surface area contributed by atoms with Gasteiger partial charge in [0.1, 0.15) is 0 Å². The fraction of sp³-hybridized carbons (Fsp3) is 0.320. The zero-order valence-corrected chi connectivity index (χ0v) is 17.8. The maximum atomic E-state index is 13.1. The van der Waals surface area contributed by atoms with Gasteiger partial charge in [0.15, 0.2) is 0 Å². The Bertz CT molecular complexity index is 885. The van der Waals surface area contributed by atoms with Crippen molar-refractivity contribution in [2.24, 2.45) is 17.8 Å². The van der Waals surface area contributed by atoms with Crippen LogP contribution in [0.5, 0.6) is 0 Å². The number of anilines is 1. The molecule has 2 aromatic carbocycles. The van der Waals surface area contributed by atoms with Crippen molar-refractivity contribution in [3.63, 3.8) is 0 Å². The third-order valence-corrected chi connectivity index (χ3v) is 5.58. The van der Waals surface area contributed by atoms with E-state index >= 15 is 0 Å². The van der Waals surface area contributed by atoms with Crippen LogP contribution in [0.15, 0.2) is 79.0 Å². The lowest BCUT2D eigenvalue weighted by Gasteiger charge is -2.28. The van der Waals surface area contributed by atoms with E-state index in [0.29, 0.717) is 11.4 Å². The number of rotatable bonds is 7. The molecule has 0 aliphatic rings. The van der Waals surface area contributed by atoms with Crippen LogP contribution in [0.1, 0.15) is 27.7 Å². The lowest BCUT2D eigenvalue weighted by molar-refractivity contribution is -0.184. The summed E-state index contributed by atoms with van der Waals surface area (Å²) in [7, 11) is 0. The fourth-order valence-corrected chi connectivity index (χ4v) is 3.35. The van der Waals surface area contributed by atoms with Gasteiger partial charge in [-0.2, -0.15) is 13.2 Å². The van der Waals surface area contributed by atoms with Crippen LogP contribution in [0.4, 0.5) is 18.9 Å². The van der Waals surface area contributed by atoms with Crippen molar-refractivity contribution in [2.45, 2.75) is 33.9 Å². The Morgan fingerprint density at radius 3 is 1.97 bits per heavy atom. The number of halogens is 3. The molecule has 0 fully saturated rings. The first kappa shape index (κ1) is 23.5. The second-order valence-electron chi connectivity index (χ2n) is 7.61. The molecule has 0 radical (unpaired) electrons. The number of carbonyl (C=O) groups excluding carboxylic acids is 1. The monoisotopic (exact) mass is 415 g/mol. The molecule has 5 heteroatoms. The number of benzene rings is 2.